The van der Waals surface area contributed by atoms with E-state index in [-0.39, 0.29) is 12.0 Å². The summed E-state index contributed by atoms with van der Waals surface area (Å²) in [6.45, 7) is 0. The molecule has 0 radical (unpaired) electrons. The third-order valence-electron chi connectivity index (χ3n) is 3.39. The second-order valence-corrected chi connectivity index (χ2v) is 4.58. The van der Waals surface area contributed by atoms with Crippen LogP contribution in [0.3, 0.4) is 0 Å². The molecule has 0 unspecified atom stereocenters. The third-order valence-corrected chi connectivity index (χ3v) is 3.39. The Hall–Kier alpha value is -1.65. The number of halogens is 2. The molecule has 1 N–H and O–H groups in total. The Morgan fingerprint density at radius 1 is 1.50 bits per heavy atom. The lowest BCUT2D eigenvalue weighted by molar-refractivity contribution is -0.137. The summed E-state index contributed by atoms with van der Waals surface area (Å²) < 4.78 is 31.2. The Bertz CT molecular complexity index is 467. The van der Waals surface area contributed by atoms with Gasteiger partial charge in [-0.2, -0.15) is 0 Å². The van der Waals surface area contributed by atoms with Gasteiger partial charge in [0.15, 0.2) is 0 Å². The van der Waals surface area contributed by atoms with Crippen molar-refractivity contribution >= 4 is 5.97 Å². The summed E-state index contributed by atoms with van der Waals surface area (Å²) >= 11 is 0. The van der Waals surface area contributed by atoms with Crippen LogP contribution in [0.15, 0.2) is 18.2 Å². The van der Waals surface area contributed by atoms with Gasteiger partial charge in [0.05, 0.1) is 13.5 Å². The summed E-state index contributed by atoms with van der Waals surface area (Å²) in [5, 5.41) is 8.92. The maximum Gasteiger partial charge on any atom is 0.304 e. The van der Waals surface area contributed by atoms with Crippen LogP contribution in [-0.2, 0) is 10.2 Å². The van der Waals surface area contributed by atoms with Crippen molar-refractivity contribution in [3.8, 4) is 5.75 Å². The van der Waals surface area contributed by atoms with Gasteiger partial charge in [-0.3, -0.25) is 4.79 Å². The van der Waals surface area contributed by atoms with E-state index < -0.39 is 17.8 Å². The van der Waals surface area contributed by atoms with E-state index in [2.05, 4.69) is 0 Å². The molecule has 0 spiro atoms. The van der Waals surface area contributed by atoms with E-state index in [1.165, 1.54) is 19.2 Å². The van der Waals surface area contributed by atoms with Gasteiger partial charge in [-0.15, -0.1) is 0 Å². The van der Waals surface area contributed by atoms with Gasteiger partial charge in [0.2, 0.25) is 0 Å². The van der Waals surface area contributed by atoms with Gasteiger partial charge in [0.25, 0.3) is 6.43 Å². The van der Waals surface area contributed by atoms with E-state index in [0.29, 0.717) is 24.2 Å². The van der Waals surface area contributed by atoms with E-state index in [1.807, 2.05) is 0 Å². The molecule has 0 saturated heterocycles. The summed E-state index contributed by atoms with van der Waals surface area (Å²) in [6.07, 6.45) is -1.53. The zero-order chi connectivity index (χ0) is 13.3. The topological polar surface area (TPSA) is 46.5 Å². The van der Waals surface area contributed by atoms with Gasteiger partial charge in [-0.25, -0.2) is 8.78 Å². The molecule has 0 aromatic heterocycles. The average Bonchev–Trinajstić information content (AvgIpc) is 3.07. The normalized spacial score (nSPS) is 16.7. The molecule has 0 atom stereocenters. The fourth-order valence-electron chi connectivity index (χ4n) is 2.42. The van der Waals surface area contributed by atoms with Crippen LogP contribution < -0.4 is 4.74 Å². The van der Waals surface area contributed by atoms with Crippen LogP contribution in [0, 0.1) is 0 Å². The molecule has 98 valence electrons. The van der Waals surface area contributed by atoms with E-state index in [0.717, 1.165) is 0 Å². The molecule has 1 fully saturated rings. The van der Waals surface area contributed by atoms with Crippen molar-refractivity contribution in [1.29, 1.82) is 0 Å². The number of methoxy groups -OCH3 is 1. The number of carbonyl (C=O) groups is 1. The number of rotatable bonds is 5. The lowest BCUT2D eigenvalue weighted by Crippen LogP contribution is -2.16. The fourth-order valence-corrected chi connectivity index (χ4v) is 2.42. The molecule has 1 saturated carbocycles. The van der Waals surface area contributed by atoms with Crippen LogP contribution >= 0.6 is 0 Å². The predicted molar refractivity (Wildman–Crippen MR) is 61.1 cm³/mol. The van der Waals surface area contributed by atoms with Crippen LogP contribution in [0.25, 0.3) is 0 Å². The Morgan fingerprint density at radius 2 is 2.17 bits per heavy atom. The molecule has 0 aliphatic heterocycles. The number of carboxylic acids is 1. The number of ether oxygens (including phenoxy) is 1. The number of alkyl halides is 2. The summed E-state index contributed by atoms with van der Waals surface area (Å²) in [4.78, 5) is 10.9. The smallest absolute Gasteiger partial charge is 0.304 e. The first kappa shape index (κ1) is 12.8. The minimum atomic E-state index is -2.62. The molecule has 0 amide bonds. The first-order valence-electron chi connectivity index (χ1n) is 5.67. The van der Waals surface area contributed by atoms with Gasteiger partial charge in [-0.1, -0.05) is 12.1 Å². The van der Waals surface area contributed by atoms with Crippen LogP contribution in [0.4, 0.5) is 8.78 Å². The lowest BCUT2D eigenvalue weighted by Gasteiger charge is -2.20. The average molecular weight is 256 g/mol. The zero-order valence-corrected chi connectivity index (χ0v) is 9.95. The molecule has 1 aliphatic rings. The van der Waals surface area contributed by atoms with Gasteiger partial charge < -0.3 is 9.84 Å². The molecule has 5 heteroatoms. The molecule has 18 heavy (non-hydrogen) atoms. The van der Waals surface area contributed by atoms with Crippen molar-refractivity contribution in [3.05, 3.63) is 29.3 Å². The van der Waals surface area contributed by atoms with E-state index in [1.54, 1.807) is 6.07 Å². The van der Waals surface area contributed by atoms with Crippen molar-refractivity contribution in [2.45, 2.75) is 31.1 Å². The second-order valence-electron chi connectivity index (χ2n) is 4.58. The third kappa shape index (κ3) is 2.17. The first-order chi connectivity index (χ1) is 8.50. The number of carboxylic acid groups (broad SMARTS) is 1. The summed E-state index contributed by atoms with van der Waals surface area (Å²) in [5.41, 5.74) is -0.428. The maximum absolute atomic E-state index is 13.0. The quantitative estimate of drug-likeness (QED) is 0.880. The SMILES string of the molecule is COc1cccc(C(F)F)c1C1(CC(=O)O)CC1. The number of aliphatic carboxylic acids is 1. The Balaban J connectivity index is 2.51. The van der Waals surface area contributed by atoms with Crippen LogP contribution in [-0.4, -0.2) is 18.2 Å². The number of hydrogen-bond acceptors (Lipinski definition) is 2. The minimum Gasteiger partial charge on any atom is -0.496 e. The predicted octanol–water partition coefficient (Wildman–Crippen LogP) is 3.14. The van der Waals surface area contributed by atoms with Gasteiger partial charge in [0.1, 0.15) is 5.75 Å². The highest BCUT2D eigenvalue weighted by atomic mass is 19.3. The van der Waals surface area contributed by atoms with Crippen molar-refractivity contribution in [2.75, 3.05) is 7.11 Å². The Labute approximate surface area is 103 Å². The molecule has 3 nitrogen and oxygen atoms in total. The lowest BCUT2D eigenvalue weighted by atomic mass is 9.87. The fraction of sp³-hybridized carbons (Fsp3) is 0.462. The van der Waals surface area contributed by atoms with Crippen LogP contribution in [0.2, 0.25) is 0 Å². The van der Waals surface area contributed by atoms with Crippen LogP contribution in [0.5, 0.6) is 5.75 Å². The van der Waals surface area contributed by atoms with E-state index in [9.17, 15) is 13.6 Å². The standard InChI is InChI=1S/C13H14F2O3/c1-18-9-4-2-3-8(12(14)15)11(9)13(5-6-13)7-10(16)17/h2-4,12H,5-7H2,1H3,(H,16,17). The Kier molecular flexibility index (Phi) is 3.24. The van der Waals surface area contributed by atoms with Gasteiger partial charge in [-0.05, 0) is 18.9 Å². The van der Waals surface area contributed by atoms with E-state index in [4.69, 9.17) is 9.84 Å². The Morgan fingerprint density at radius 3 is 2.61 bits per heavy atom. The highest BCUT2D eigenvalue weighted by Gasteiger charge is 2.49. The molecule has 0 heterocycles. The van der Waals surface area contributed by atoms with Crippen LogP contribution in [0.1, 0.15) is 36.8 Å². The van der Waals surface area contributed by atoms with Gasteiger partial charge in [0, 0.05) is 16.5 Å². The first-order valence-corrected chi connectivity index (χ1v) is 5.67. The summed E-state index contributed by atoms with van der Waals surface area (Å²) in [7, 11) is 1.41. The van der Waals surface area contributed by atoms with Crippen molar-refractivity contribution < 1.29 is 23.4 Å². The van der Waals surface area contributed by atoms with Crippen molar-refractivity contribution in [3.63, 3.8) is 0 Å². The van der Waals surface area contributed by atoms with E-state index >= 15 is 0 Å². The monoisotopic (exact) mass is 256 g/mol. The van der Waals surface area contributed by atoms with Crippen molar-refractivity contribution in [2.24, 2.45) is 0 Å². The molecule has 0 bridgehead atoms. The molecule has 1 aliphatic carbocycles. The molecule has 1 aromatic rings. The summed E-state index contributed by atoms with van der Waals surface area (Å²) in [5.74, 6) is -0.620. The maximum atomic E-state index is 13.0. The second kappa shape index (κ2) is 4.55. The molecule has 2 rings (SSSR count). The molecular formula is C13H14F2O3. The highest BCUT2D eigenvalue weighted by molar-refractivity contribution is 5.71. The number of hydrogen-bond donors (Lipinski definition) is 1. The minimum absolute atomic E-state index is 0.117. The molecule has 1 aromatic carbocycles. The highest BCUT2D eigenvalue weighted by Crippen LogP contribution is 2.56. The molecular weight excluding hydrogens is 242 g/mol. The van der Waals surface area contributed by atoms with Gasteiger partial charge >= 0.3 is 5.97 Å². The summed E-state index contributed by atoms with van der Waals surface area (Å²) in [6, 6.07) is 4.44. The largest absolute Gasteiger partial charge is 0.496 e. The zero-order valence-electron chi connectivity index (χ0n) is 9.95. The van der Waals surface area contributed by atoms with Crippen molar-refractivity contribution in [1.82, 2.24) is 0 Å². The number of benzene rings is 1.